The number of nitrogens with zero attached hydrogens (tertiary/aromatic N) is 1. The highest BCUT2D eigenvalue weighted by molar-refractivity contribution is 7.53. The van der Waals surface area contributed by atoms with E-state index in [4.69, 9.17) is 9.05 Å². The maximum Gasteiger partial charge on any atom is 0.331 e. The van der Waals surface area contributed by atoms with E-state index in [-0.39, 0.29) is 0 Å². The molecule has 0 heterocycles. The first kappa shape index (κ1) is 14.1. The van der Waals surface area contributed by atoms with E-state index >= 15 is 0 Å². The third-order valence-corrected chi connectivity index (χ3v) is 3.54. The molecule has 0 aliphatic carbocycles. The van der Waals surface area contributed by atoms with Gasteiger partial charge in [0.15, 0.2) is 0 Å². The van der Waals surface area contributed by atoms with Crippen molar-refractivity contribution in [2.45, 2.75) is 13.8 Å². The number of rotatable bonds is 8. The van der Waals surface area contributed by atoms with Gasteiger partial charge in [0.25, 0.3) is 0 Å². The van der Waals surface area contributed by atoms with Crippen LogP contribution in [0.4, 0.5) is 0 Å². The second-order valence-electron chi connectivity index (χ2n) is 2.97. The second-order valence-corrected chi connectivity index (χ2v) is 5.16. The lowest BCUT2D eigenvalue weighted by Crippen LogP contribution is -2.32. The van der Waals surface area contributed by atoms with Gasteiger partial charge >= 0.3 is 7.60 Å². The Morgan fingerprint density at radius 2 is 1.71 bits per heavy atom. The summed E-state index contributed by atoms with van der Waals surface area (Å²) in [4.78, 5) is 0. The monoisotopic (exact) mass is 224 g/mol. The van der Waals surface area contributed by atoms with Crippen LogP contribution in [-0.2, 0) is 13.6 Å². The zero-order chi connectivity index (χ0) is 11.0. The Labute approximate surface area is 86.3 Å². The van der Waals surface area contributed by atoms with Gasteiger partial charge in [-0.05, 0) is 13.8 Å². The Hall–Kier alpha value is 0.0700. The van der Waals surface area contributed by atoms with Crippen LogP contribution in [0.2, 0.25) is 0 Å². The van der Waals surface area contributed by atoms with Crippen LogP contribution >= 0.6 is 7.60 Å². The topological polar surface area (TPSA) is 50.8 Å². The summed E-state index contributed by atoms with van der Waals surface area (Å²) in [5, 5.41) is 1.81. The molecular weight excluding hydrogens is 203 g/mol. The van der Waals surface area contributed by atoms with E-state index in [1.165, 1.54) is 0 Å². The first-order valence-corrected chi connectivity index (χ1v) is 6.56. The fourth-order valence-corrected chi connectivity index (χ4v) is 2.46. The first-order chi connectivity index (χ1) is 6.54. The van der Waals surface area contributed by atoms with Crippen molar-refractivity contribution in [1.82, 2.24) is 10.4 Å². The van der Waals surface area contributed by atoms with Crippen molar-refractivity contribution < 1.29 is 13.6 Å². The number of hydrogen-bond donors (Lipinski definition) is 1. The third-order valence-electron chi connectivity index (χ3n) is 1.47. The zero-order valence-corrected chi connectivity index (χ0v) is 10.3. The molecule has 1 N–H and O–H groups in total. The molecule has 0 fully saturated rings. The number of hydrazine groups is 1. The Balaban J connectivity index is 3.90. The quantitative estimate of drug-likeness (QED) is 0.497. The fourth-order valence-electron chi connectivity index (χ4n) is 0.970. The van der Waals surface area contributed by atoms with Gasteiger partial charge in [-0.3, -0.25) is 15.0 Å². The predicted octanol–water partition coefficient (Wildman–Crippen LogP) is 1.32. The summed E-state index contributed by atoms with van der Waals surface area (Å²) >= 11 is 0. The minimum Gasteiger partial charge on any atom is -0.309 e. The molecule has 86 valence electrons. The molecule has 0 aliphatic heterocycles. The van der Waals surface area contributed by atoms with Crippen LogP contribution in [-0.4, -0.2) is 45.0 Å². The van der Waals surface area contributed by atoms with Crippen LogP contribution in [0.3, 0.4) is 0 Å². The van der Waals surface area contributed by atoms with Crippen LogP contribution < -0.4 is 5.43 Å². The smallest absolute Gasteiger partial charge is 0.309 e. The molecule has 0 saturated heterocycles. The molecule has 0 amide bonds. The summed E-state index contributed by atoms with van der Waals surface area (Å²) in [5.41, 5.74) is 3.02. The lowest BCUT2D eigenvalue weighted by Gasteiger charge is -2.18. The fraction of sp³-hybridized carbons (Fsp3) is 1.00. The Kier molecular flexibility index (Phi) is 7.41. The van der Waals surface area contributed by atoms with Gasteiger partial charge in [-0.1, -0.05) is 0 Å². The van der Waals surface area contributed by atoms with E-state index in [1.807, 2.05) is 33.0 Å². The van der Waals surface area contributed by atoms with Gasteiger partial charge < -0.3 is 9.05 Å². The van der Waals surface area contributed by atoms with Crippen molar-refractivity contribution in [2.75, 3.05) is 40.0 Å². The van der Waals surface area contributed by atoms with E-state index in [1.54, 1.807) is 0 Å². The van der Waals surface area contributed by atoms with Crippen LogP contribution in [0.1, 0.15) is 13.8 Å². The summed E-state index contributed by atoms with van der Waals surface area (Å²) in [6.45, 7) is 5.04. The third kappa shape index (κ3) is 6.51. The molecule has 6 heteroatoms. The highest BCUT2D eigenvalue weighted by Gasteiger charge is 2.22. The zero-order valence-electron chi connectivity index (χ0n) is 9.45. The molecule has 0 aromatic carbocycles. The molecule has 0 saturated carbocycles. The molecule has 0 aromatic rings. The molecule has 0 unspecified atom stereocenters. The van der Waals surface area contributed by atoms with Crippen LogP contribution in [0.15, 0.2) is 0 Å². The predicted molar refractivity (Wildman–Crippen MR) is 57.4 cm³/mol. The van der Waals surface area contributed by atoms with Crippen LogP contribution in [0.25, 0.3) is 0 Å². The van der Waals surface area contributed by atoms with Crippen molar-refractivity contribution in [1.29, 1.82) is 0 Å². The van der Waals surface area contributed by atoms with Gasteiger partial charge in [0, 0.05) is 20.6 Å². The summed E-state index contributed by atoms with van der Waals surface area (Å²) in [5.74, 6) is 0. The van der Waals surface area contributed by atoms with E-state index in [0.717, 1.165) is 0 Å². The number of hydrogen-bond acceptors (Lipinski definition) is 5. The van der Waals surface area contributed by atoms with Crippen molar-refractivity contribution >= 4 is 7.60 Å². The molecule has 0 bridgehead atoms. The summed E-state index contributed by atoms with van der Waals surface area (Å²) < 4.78 is 22.1. The largest absolute Gasteiger partial charge is 0.331 e. The molecule has 0 aromatic heterocycles. The number of nitrogens with one attached hydrogen (secondary N) is 1. The average molecular weight is 224 g/mol. The lowest BCUT2D eigenvalue weighted by molar-refractivity contribution is 0.216. The van der Waals surface area contributed by atoms with Gasteiger partial charge in [-0.15, -0.1) is 0 Å². The van der Waals surface area contributed by atoms with Gasteiger partial charge in [-0.2, -0.15) is 0 Å². The highest BCUT2D eigenvalue weighted by Crippen LogP contribution is 2.47. The van der Waals surface area contributed by atoms with Crippen molar-refractivity contribution in [2.24, 2.45) is 0 Å². The van der Waals surface area contributed by atoms with E-state index < -0.39 is 7.60 Å². The molecule has 0 aliphatic rings. The highest BCUT2D eigenvalue weighted by atomic mass is 31.2. The molecule has 14 heavy (non-hydrogen) atoms. The van der Waals surface area contributed by atoms with Gasteiger partial charge in [0.05, 0.1) is 19.4 Å². The molecular formula is C8H21N2O3P. The second kappa shape index (κ2) is 7.37. The van der Waals surface area contributed by atoms with Crippen LogP contribution in [0, 0.1) is 0 Å². The average Bonchev–Trinajstić information content (AvgIpc) is 2.03. The van der Waals surface area contributed by atoms with E-state index in [2.05, 4.69) is 5.43 Å². The molecule has 0 atom stereocenters. The molecule has 0 radical (unpaired) electrons. The minimum absolute atomic E-state index is 0.396. The van der Waals surface area contributed by atoms with Crippen molar-refractivity contribution in [3.63, 3.8) is 0 Å². The summed E-state index contributed by atoms with van der Waals surface area (Å²) in [6.07, 6.45) is 0.396. The van der Waals surface area contributed by atoms with Crippen LogP contribution in [0.5, 0.6) is 0 Å². The molecule has 0 spiro atoms. The lowest BCUT2D eigenvalue weighted by atomic mass is 10.8. The van der Waals surface area contributed by atoms with Gasteiger partial charge in [-0.25, -0.2) is 0 Å². The Bertz CT molecular complexity index is 177. The van der Waals surface area contributed by atoms with Gasteiger partial charge in [0.1, 0.15) is 0 Å². The normalized spacial score (nSPS) is 12.4. The minimum atomic E-state index is -2.86. The standard InChI is InChI=1S/C8H21N2O3P/c1-5-12-14(11,13-6-2)8-7-9-10(3)4/h9H,5-8H2,1-4H3. The SMILES string of the molecule is CCOP(=O)(CCNN(C)C)OCC. The Morgan fingerprint density at radius 1 is 1.21 bits per heavy atom. The maximum atomic E-state index is 11.9. The summed E-state index contributed by atoms with van der Waals surface area (Å²) in [7, 11) is 0.898. The van der Waals surface area contributed by atoms with Gasteiger partial charge in [0.2, 0.25) is 0 Å². The van der Waals surface area contributed by atoms with Crippen molar-refractivity contribution in [3.05, 3.63) is 0 Å². The van der Waals surface area contributed by atoms with E-state index in [0.29, 0.717) is 25.9 Å². The first-order valence-electron chi connectivity index (χ1n) is 4.83. The molecule has 5 nitrogen and oxygen atoms in total. The maximum absolute atomic E-state index is 11.9. The van der Waals surface area contributed by atoms with E-state index in [9.17, 15) is 4.57 Å². The molecule has 0 rings (SSSR count). The Morgan fingerprint density at radius 3 is 2.07 bits per heavy atom. The van der Waals surface area contributed by atoms with Crippen molar-refractivity contribution in [3.8, 4) is 0 Å². The summed E-state index contributed by atoms with van der Waals surface area (Å²) in [6, 6.07) is 0.